The molecule has 24 heavy (non-hydrogen) atoms. The highest BCUT2D eigenvalue weighted by molar-refractivity contribution is 8.00. The van der Waals surface area contributed by atoms with E-state index in [1.165, 1.54) is 11.8 Å². The Kier molecular flexibility index (Phi) is 6.39. The number of carbonyl (C=O) groups is 1. The molecule has 0 spiro atoms. The average molecular weight is 348 g/mol. The Morgan fingerprint density at radius 2 is 2.08 bits per heavy atom. The summed E-state index contributed by atoms with van der Waals surface area (Å²) in [6.45, 7) is 3.28. The first kappa shape index (κ1) is 18.5. The van der Waals surface area contributed by atoms with Crippen LogP contribution in [0.15, 0.2) is 34.2 Å². The molecule has 0 fully saturated rings. The van der Waals surface area contributed by atoms with Gasteiger partial charge in [-0.2, -0.15) is 0 Å². The molecule has 0 radical (unpaired) electrons. The highest BCUT2D eigenvalue weighted by Gasteiger charge is 2.18. The van der Waals surface area contributed by atoms with Gasteiger partial charge in [-0.3, -0.25) is 14.2 Å². The first-order valence-corrected chi connectivity index (χ1v) is 8.84. The van der Waals surface area contributed by atoms with Gasteiger partial charge in [0.2, 0.25) is 5.91 Å². The lowest BCUT2D eigenvalue weighted by Gasteiger charge is -2.16. The summed E-state index contributed by atoms with van der Waals surface area (Å²) in [6.07, 6.45) is 0.842. The third-order valence-electron chi connectivity index (χ3n) is 3.71. The number of rotatable bonds is 7. The van der Waals surface area contributed by atoms with E-state index in [-0.39, 0.29) is 16.7 Å². The van der Waals surface area contributed by atoms with Crippen LogP contribution >= 0.6 is 11.8 Å². The number of hydrogen-bond donors (Lipinski definition) is 1. The zero-order chi connectivity index (χ0) is 17.7. The molecule has 1 amide bonds. The Morgan fingerprint density at radius 1 is 1.38 bits per heavy atom. The normalized spacial score (nSPS) is 12.5. The van der Waals surface area contributed by atoms with Gasteiger partial charge < -0.3 is 10.2 Å². The van der Waals surface area contributed by atoms with Gasteiger partial charge in [0.1, 0.15) is 0 Å². The van der Waals surface area contributed by atoms with Gasteiger partial charge >= 0.3 is 0 Å². The smallest absolute Gasteiger partial charge is 0.262 e. The van der Waals surface area contributed by atoms with Crippen molar-refractivity contribution < 1.29 is 4.79 Å². The number of benzene rings is 1. The molecule has 6 nitrogen and oxygen atoms in total. The van der Waals surface area contributed by atoms with Crippen molar-refractivity contribution in [1.29, 1.82) is 0 Å². The Morgan fingerprint density at radius 3 is 2.75 bits per heavy atom. The predicted octanol–water partition coefficient (Wildman–Crippen LogP) is 1.57. The average Bonchev–Trinajstić information content (AvgIpc) is 2.56. The summed E-state index contributed by atoms with van der Waals surface area (Å²) in [4.78, 5) is 31.4. The van der Waals surface area contributed by atoms with E-state index in [9.17, 15) is 9.59 Å². The minimum atomic E-state index is -0.317. The maximum Gasteiger partial charge on any atom is 0.262 e. The molecule has 1 aromatic heterocycles. The van der Waals surface area contributed by atoms with Crippen LogP contribution in [0.4, 0.5) is 0 Å². The summed E-state index contributed by atoms with van der Waals surface area (Å²) < 4.78 is 1.69. The van der Waals surface area contributed by atoms with Crippen LogP contribution in [0, 0.1) is 0 Å². The number of thioether (sulfide) groups is 1. The van der Waals surface area contributed by atoms with Crippen LogP contribution in [0.1, 0.15) is 13.3 Å². The van der Waals surface area contributed by atoms with Gasteiger partial charge in [-0.25, -0.2) is 4.98 Å². The zero-order valence-corrected chi connectivity index (χ0v) is 15.4. The molecule has 0 saturated heterocycles. The molecular formula is C17H24N4O2S. The minimum Gasteiger partial charge on any atom is -0.358 e. The molecule has 1 aromatic carbocycles. The van der Waals surface area contributed by atoms with Gasteiger partial charge in [-0.05, 0) is 46.1 Å². The molecule has 0 unspecified atom stereocenters. The van der Waals surface area contributed by atoms with E-state index in [0.717, 1.165) is 13.0 Å². The van der Waals surface area contributed by atoms with Crippen LogP contribution < -0.4 is 10.9 Å². The maximum atomic E-state index is 12.8. The molecule has 0 bridgehead atoms. The molecule has 7 heteroatoms. The number of fused-ring (bicyclic) bond motifs is 1. The second-order valence-corrected chi connectivity index (χ2v) is 7.21. The fourth-order valence-corrected chi connectivity index (χ4v) is 3.39. The Hall–Kier alpha value is -1.86. The molecule has 2 rings (SSSR count). The molecule has 0 saturated carbocycles. The van der Waals surface area contributed by atoms with Gasteiger partial charge in [0.05, 0.1) is 16.2 Å². The first-order valence-electron chi connectivity index (χ1n) is 7.96. The number of nitrogens with one attached hydrogen (secondary N) is 1. The number of aromatic nitrogens is 2. The van der Waals surface area contributed by atoms with Gasteiger partial charge in [0.15, 0.2) is 5.16 Å². The van der Waals surface area contributed by atoms with E-state index in [1.54, 1.807) is 17.7 Å². The van der Waals surface area contributed by atoms with Crippen molar-refractivity contribution in [3.05, 3.63) is 34.6 Å². The molecular weight excluding hydrogens is 324 g/mol. The molecule has 2 aromatic rings. The summed E-state index contributed by atoms with van der Waals surface area (Å²) >= 11 is 1.32. The van der Waals surface area contributed by atoms with E-state index < -0.39 is 0 Å². The van der Waals surface area contributed by atoms with Crippen LogP contribution in [0.25, 0.3) is 10.9 Å². The first-order chi connectivity index (χ1) is 11.4. The van der Waals surface area contributed by atoms with Crippen molar-refractivity contribution in [2.45, 2.75) is 30.3 Å². The SMILES string of the molecule is CNC(=O)[C@@H](C)Sc1nc2ccccc2c(=O)n1CCCN(C)C. The number of amides is 1. The summed E-state index contributed by atoms with van der Waals surface area (Å²) in [5.74, 6) is -0.0813. The fourth-order valence-electron chi connectivity index (χ4n) is 2.39. The van der Waals surface area contributed by atoms with Crippen molar-refractivity contribution >= 4 is 28.6 Å². The summed E-state index contributed by atoms with van der Waals surface area (Å²) in [5.41, 5.74) is 0.615. The molecule has 1 atom stereocenters. The van der Waals surface area contributed by atoms with E-state index in [4.69, 9.17) is 0 Å². The van der Waals surface area contributed by atoms with Crippen molar-refractivity contribution in [1.82, 2.24) is 19.8 Å². The van der Waals surface area contributed by atoms with E-state index in [0.29, 0.717) is 22.6 Å². The molecule has 0 aliphatic heterocycles. The lowest BCUT2D eigenvalue weighted by molar-refractivity contribution is -0.119. The zero-order valence-electron chi connectivity index (χ0n) is 14.6. The number of para-hydroxylation sites is 1. The second-order valence-electron chi connectivity index (χ2n) is 5.90. The summed E-state index contributed by atoms with van der Waals surface area (Å²) in [7, 11) is 5.62. The quantitative estimate of drug-likeness (QED) is 0.608. The summed E-state index contributed by atoms with van der Waals surface area (Å²) in [5, 5.41) is 3.52. The topological polar surface area (TPSA) is 67.2 Å². The minimum absolute atomic E-state index is 0.0500. The van der Waals surface area contributed by atoms with Crippen LogP contribution in [0.3, 0.4) is 0 Å². The molecule has 1 heterocycles. The van der Waals surface area contributed by atoms with E-state index in [2.05, 4.69) is 15.2 Å². The number of hydrogen-bond acceptors (Lipinski definition) is 5. The van der Waals surface area contributed by atoms with Crippen molar-refractivity contribution in [2.24, 2.45) is 0 Å². The highest BCUT2D eigenvalue weighted by atomic mass is 32.2. The lowest BCUT2D eigenvalue weighted by atomic mass is 10.2. The Bertz CT molecular complexity index is 773. The molecule has 1 N–H and O–H groups in total. The van der Waals surface area contributed by atoms with Crippen LogP contribution in [-0.2, 0) is 11.3 Å². The van der Waals surface area contributed by atoms with Crippen molar-refractivity contribution in [3.8, 4) is 0 Å². The fraction of sp³-hybridized carbons (Fsp3) is 0.471. The Balaban J connectivity index is 2.41. The van der Waals surface area contributed by atoms with E-state index >= 15 is 0 Å². The van der Waals surface area contributed by atoms with Gasteiger partial charge in [0, 0.05) is 13.6 Å². The molecule has 0 aliphatic carbocycles. The van der Waals surface area contributed by atoms with Crippen LogP contribution in [0.5, 0.6) is 0 Å². The number of carbonyl (C=O) groups excluding carboxylic acids is 1. The van der Waals surface area contributed by atoms with Gasteiger partial charge in [0.25, 0.3) is 5.56 Å². The molecule has 130 valence electrons. The molecule has 0 aliphatic rings. The predicted molar refractivity (Wildman–Crippen MR) is 98.6 cm³/mol. The maximum absolute atomic E-state index is 12.8. The Labute approximate surface area is 146 Å². The standard InChI is InChI=1S/C17H24N4O2S/c1-12(15(22)18-2)24-17-19-14-9-6-5-8-13(14)16(23)21(17)11-7-10-20(3)4/h5-6,8-9,12H,7,10-11H2,1-4H3,(H,18,22)/t12-/m1/s1. The van der Waals surface area contributed by atoms with Crippen LogP contribution in [0.2, 0.25) is 0 Å². The largest absolute Gasteiger partial charge is 0.358 e. The third-order valence-corrected chi connectivity index (χ3v) is 4.80. The second kappa shape index (κ2) is 8.30. The summed E-state index contributed by atoms with van der Waals surface area (Å²) in [6, 6.07) is 7.33. The van der Waals surface area contributed by atoms with Crippen molar-refractivity contribution in [3.63, 3.8) is 0 Å². The van der Waals surface area contributed by atoms with Gasteiger partial charge in [-0.15, -0.1) is 0 Å². The monoisotopic (exact) mass is 348 g/mol. The third kappa shape index (κ3) is 4.36. The van der Waals surface area contributed by atoms with Crippen LogP contribution in [-0.4, -0.2) is 53.3 Å². The number of nitrogens with zero attached hydrogens (tertiary/aromatic N) is 3. The lowest BCUT2D eigenvalue weighted by Crippen LogP contribution is -2.30. The van der Waals surface area contributed by atoms with Gasteiger partial charge in [-0.1, -0.05) is 23.9 Å². The van der Waals surface area contributed by atoms with Crippen molar-refractivity contribution in [2.75, 3.05) is 27.7 Å². The van der Waals surface area contributed by atoms with E-state index in [1.807, 2.05) is 39.2 Å². The highest BCUT2D eigenvalue weighted by Crippen LogP contribution is 2.22.